The number of ether oxygens (including phenoxy) is 1. The van der Waals surface area contributed by atoms with Gasteiger partial charge in [0.2, 0.25) is 0 Å². The molecule has 0 unspecified atom stereocenters. The Morgan fingerprint density at radius 3 is 2.62 bits per heavy atom. The molecule has 3 rings (SSSR count). The Morgan fingerprint density at radius 2 is 1.95 bits per heavy atom. The molecule has 0 atom stereocenters. The second kappa shape index (κ2) is 5.09. The molecule has 0 bridgehead atoms. The summed E-state index contributed by atoms with van der Waals surface area (Å²) >= 11 is 0. The van der Waals surface area contributed by atoms with Crippen LogP contribution in [-0.2, 0) is 0 Å². The molecule has 0 fully saturated rings. The van der Waals surface area contributed by atoms with Crippen molar-refractivity contribution in [2.75, 3.05) is 24.0 Å². The number of hydrogen-bond donors (Lipinski definition) is 1. The monoisotopic (exact) mass is 286 g/mol. The van der Waals surface area contributed by atoms with Gasteiger partial charge in [0.05, 0.1) is 11.3 Å². The van der Waals surface area contributed by atoms with Crippen LogP contribution in [0.2, 0.25) is 0 Å². The largest absolute Gasteiger partial charge is 0.472 e. The van der Waals surface area contributed by atoms with Gasteiger partial charge >= 0.3 is 0 Å². The number of benzene rings is 2. The summed E-state index contributed by atoms with van der Waals surface area (Å²) < 4.78 is 19.4. The Balaban J connectivity index is 1.99. The fourth-order valence-electron chi connectivity index (χ4n) is 2.29. The summed E-state index contributed by atoms with van der Waals surface area (Å²) in [4.78, 5) is 14.0. The van der Waals surface area contributed by atoms with Crippen LogP contribution in [-0.4, -0.2) is 19.7 Å². The number of carbonyl (C=O) groups is 1. The zero-order valence-electron chi connectivity index (χ0n) is 11.8. The van der Waals surface area contributed by atoms with Crippen LogP contribution in [0.3, 0.4) is 0 Å². The van der Waals surface area contributed by atoms with E-state index in [0.717, 1.165) is 11.3 Å². The molecule has 5 heteroatoms. The van der Waals surface area contributed by atoms with Gasteiger partial charge in [-0.25, -0.2) is 4.39 Å². The number of hydrogen-bond acceptors (Lipinski definition) is 3. The van der Waals surface area contributed by atoms with Crippen molar-refractivity contribution < 1.29 is 13.9 Å². The first-order valence-corrected chi connectivity index (χ1v) is 6.63. The van der Waals surface area contributed by atoms with E-state index in [1.165, 1.54) is 17.0 Å². The van der Waals surface area contributed by atoms with Crippen LogP contribution in [0, 0.1) is 12.7 Å². The Morgan fingerprint density at radius 1 is 1.24 bits per heavy atom. The van der Waals surface area contributed by atoms with Gasteiger partial charge in [-0.2, -0.15) is 0 Å². The summed E-state index contributed by atoms with van der Waals surface area (Å²) in [6.45, 7) is 2.09. The van der Waals surface area contributed by atoms with Crippen molar-refractivity contribution in [2.24, 2.45) is 0 Å². The molecular formula is C16H15FN2O2. The molecule has 21 heavy (non-hydrogen) atoms. The molecule has 1 amide bonds. The number of anilines is 2. The second-order valence-electron chi connectivity index (χ2n) is 4.92. The minimum Gasteiger partial charge on any atom is -0.472 e. The maximum Gasteiger partial charge on any atom is 0.264 e. The molecule has 1 aliphatic heterocycles. The number of halogens is 1. The summed E-state index contributed by atoms with van der Waals surface area (Å²) in [5.41, 5.74) is 2.38. The van der Waals surface area contributed by atoms with Gasteiger partial charge in [0.1, 0.15) is 11.6 Å². The molecule has 1 heterocycles. The van der Waals surface area contributed by atoms with Gasteiger partial charge in [-0.15, -0.1) is 0 Å². The van der Waals surface area contributed by atoms with E-state index < -0.39 is 5.82 Å². The molecule has 0 radical (unpaired) electrons. The molecule has 1 N–H and O–H groups in total. The van der Waals surface area contributed by atoms with Crippen LogP contribution in [0.25, 0.3) is 0 Å². The van der Waals surface area contributed by atoms with Crippen molar-refractivity contribution in [3.63, 3.8) is 0 Å². The van der Waals surface area contributed by atoms with Crippen molar-refractivity contribution in [2.45, 2.75) is 6.92 Å². The number of rotatable bonds is 2. The number of carbonyl (C=O) groups excluding carboxylic acids is 1. The lowest BCUT2D eigenvalue weighted by Crippen LogP contribution is -2.38. The van der Waals surface area contributed by atoms with Gasteiger partial charge in [-0.05, 0) is 25.1 Å². The van der Waals surface area contributed by atoms with Gasteiger partial charge in [0.15, 0.2) is 6.73 Å². The molecule has 2 aromatic rings. The standard InChI is InChI=1S/C16H15FN2O2/c1-10-3-5-11(6-4-10)19-9-21-15-8-14(18-2)13(17)7-12(15)16(19)20/h3-8,18H,9H2,1-2H3. The van der Waals surface area contributed by atoms with Gasteiger partial charge in [0.25, 0.3) is 5.91 Å². The van der Waals surface area contributed by atoms with E-state index in [9.17, 15) is 9.18 Å². The normalized spacial score (nSPS) is 13.7. The Hall–Kier alpha value is -2.56. The Kier molecular flexibility index (Phi) is 3.25. The Bertz CT molecular complexity index is 698. The van der Waals surface area contributed by atoms with Crippen molar-refractivity contribution in [1.82, 2.24) is 0 Å². The number of aryl methyl sites for hydroxylation is 1. The molecular weight excluding hydrogens is 271 g/mol. The average molecular weight is 286 g/mol. The minimum atomic E-state index is -0.473. The van der Waals surface area contributed by atoms with Crippen molar-refractivity contribution in [1.29, 1.82) is 0 Å². The summed E-state index contributed by atoms with van der Waals surface area (Å²) in [5.74, 6) is -0.338. The SMILES string of the molecule is CNc1cc2c(cc1F)C(=O)N(c1ccc(C)cc1)CO2. The predicted octanol–water partition coefficient (Wildman–Crippen LogP) is 3.17. The summed E-state index contributed by atoms with van der Waals surface area (Å²) in [6.07, 6.45) is 0. The van der Waals surface area contributed by atoms with Crippen molar-refractivity contribution in [3.05, 3.63) is 53.3 Å². The third kappa shape index (κ3) is 2.31. The first-order chi connectivity index (χ1) is 10.1. The van der Waals surface area contributed by atoms with Gasteiger partial charge in [0, 0.05) is 18.8 Å². The van der Waals surface area contributed by atoms with E-state index in [1.54, 1.807) is 7.05 Å². The van der Waals surface area contributed by atoms with Gasteiger partial charge < -0.3 is 10.1 Å². The van der Waals surface area contributed by atoms with E-state index in [2.05, 4.69) is 5.32 Å². The number of nitrogens with one attached hydrogen (secondary N) is 1. The fraction of sp³-hybridized carbons (Fsp3) is 0.188. The third-order valence-corrected chi connectivity index (χ3v) is 3.51. The van der Waals surface area contributed by atoms with E-state index in [0.29, 0.717) is 11.4 Å². The van der Waals surface area contributed by atoms with E-state index in [-0.39, 0.29) is 18.2 Å². The average Bonchev–Trinajstić information content (AvgIpc) is 2.49. The molecule has 1 aliphatic rings. The smallest absolute Gasteiger partial charge is 0.264 e. The van der Waals surface area contributed by atoms with Crippen molar-refractivity contribution >= 4 is 17.3 Å². The van der Waals surface area contributed by atoms with E-state index in [1.807, 2.05) is 31.2 Å². The highest BCUT2D eigenvalue weighted by Gasteiger charge is 2.28. The highest BCUT2D eigenvalue weighted by Crippen LogP contribution is 2.32. The molecule has 108 valence electrons. The van der Waals surface area contributed by atoms with Gasteiger partial charge in [-0.3, -0.25) is 9.69 Å². The lowest BCUT2D eigenvalue weighted by Gasteiger charge is -2.29. The third-order valence-electron chi connectivity index (χ3n) is 3.51. The molecule has 0 spiro atoms. The summed E-state index contributed by atoms with van der Waals surface area (Å²) in [5, 5.41) is 2.73. The first kappa shape index (κ1) is 13.4. The van der Waals surface area contributed by atoms with Crippen LogP contribution < -0.4 is 15.0 Å². The predicted molar refractivity (Wildman–Crippen MR) is 79.4 cm³/mol. The van der Waals surface area contributed by atoms with Crippen LogP contribution in [0.4, 0.5) is 15.8 Å². The maximum absolute atomic E-state index is 13.8. The quantitative estimate of drug-likeness (QED) is 0.922. The molecule has 4 nitrogen and oxygen atoms in total. The highest BCUT2D eigenvalue weighted by atomic mass is 19.1. The maximum atomic E-state index is 13.8. The summed E-state index contributed by atoms with van der Waals surface area (Å²) in [6, 6.07) is 10.3. The molecule has 2 aromatic carbocycles. The number of amides is 1. The van der Waals surface area contributed by atoms with Crippen molar-refractivity contribution in [3.8, 4) is 5.75 Å². The first-order valence-electron chi connectivity index (χ1n) is 6.63. The lowest BCUT2D eigenvalue weighted by atomic mass is 10.1. The lowest BCUT2D eigenvalue weighted by molar-refractivity contribution is 0.0936. The van der Waals surface area contributed by atoms with E-state index in [4.69, 9.17) is 4.74 Å². The van der Waals surface area contributed by atoms with Crippen LogP contribution in [0.1, 0.15) is 15.9 Å². The van der Waals surface area contributed by atoms with E-state index >= 15 is 0 Å². The number of nitrogens with zero attached hydrogens (tertiary/aromatic N) is 1. The zero-order valence-corrected chi connectivity index (χ0v) is 11.8. The highest BCUT2D eigenvalue weighted by molar-refractivity contribution is 6.09. The number of fused-ring (bicyclic) bond motifs is 1. The Labute approximate surface area is 122 Å². The van der Waals surface area contributed by atoms with Crippen LogP contribution in [0.5, 0.6) is 5.75 Å². The second-order valence-corrected chi connectivity index (χ2v) is 4.92. The van der Waals surface area contributed by atoms with Gasteiger partial charge in [-0.1, -0.05) is 17.7 Å². The minimum absolute atomic E-state index is 0.115. The fourth-order valence-corrected chi connectivity index (χ4v) is 2.29. The van der Waals surface area contributed by atoms with Crippen LogP contribution >= 0.6 is 0 Å². The molecule has 0 aromatic heterocycles. The molecule has 0 aliphatic carbocycles. The molecule has 0 saturated heterocycles. The molecule has 0 saturated carbocycles. The van der Waals surface area contributed by atoms with Crippen LogP contribution in [0.15, 0.2) is 36.4 Å². The topological polar surface area (TPSA) is 41.6 Å². The zero-order chi connectivity index (χ0) is 15.0. The summed E-state index contributed by atoms with van der Waals surface area (Å²) in [7, 11) is 1.62.